The predicted molar refractivity (Wildman–Crippen MR) is 47.8 cm³/mol. The van der Waals surface area contributed by atoms with Gasteiger partial charge in [0.15, 0.2) is 0 Å². The van der Waals surface area contributed by atoms with Gasteiger partial charge in [-0.1, -0.05) is 34.8 Å². The van der Waals surface area contributed by atoms with Gasteiger partial charge in [-0.3, -0.25) is 9.48 Å². The van der Waals surface area contributed by atoms with E-state index in [1.54, 1.807) is 7.05 Å². The Hall–Kier alpha value is -0.250. The molecule has 0 spiro atoms. The summed E-state index contributed by atoms with van der Waals surface area (Å²) < 4.78 is -0.438. The maximum absolute atomic E-state index is 11.2. The molecule has 0 amide bonds. The molecule has 0 bridgehead atoms. The summed E-state index contributed by atoms with van der Waals surface area (Å²) in [6.07, 6.45) is 2.84. The molecule has 1 heterocycles. The number of aromatic nitrogens is 2. The van der Waals surface area contributed by atoms with E-state index in [-0.39, 0.29) is 5.56 Å². The molecular formula is C6H5Cl3N2O. The molecule has 0 saturated heterocycles. The van der Waals surface area contributed by atoms with Crippen molar-refractivity contribution in [2.45, 2.75) is 3.79 Å². The van der Waals surface area contributed by atoms with Crippen molar-refractivity contribution in [1.29, 1.82) is 0 Å². The van der Waals surface area contributed by atoms with Crippen LogP contribution in [0.15, 0.2) is 12.4 Å². The molecular weight excluding hydrogens is 222 g/mol. The minimum atomic E-state index is -1.90. The molecule has 6 heteroatoms. The third-order valence-electron chi connectivity index (χ3n) is 1.22. The Balaban J connectivity index is 2.93. The number of ketones is 1. The van der Waals surface area contributed by atoms with Crippen LogP contribution in [0.4, 0.5) is 0 Å². The van der Waals surface area contributed by atoms with Gasteiger partial charge in [-0.15, -0.1) is 0 Å². The molecule has 0 fully saturated rings. The van der Waals surface area contributed by atoms with E-state index in [4.69, 9.17) is 34.8 Å². The first kappa shape index (κ1) is 9.84. The van der Waals surface area contributed by atoms with Gasteiger partial charge in [-0.2, -0.15) is 5.10 Å². The molecule has 0 aliphatic rings. The number of carbonyl (C=O) groups is 1. The number of aryl methyl sites for hydroxylation is 1. The second-order valence-electron chi connectivity index (χ2n) is 2.23. The van der Waals surface area contributed by atoms with Crippen LogP contribution in [0.1, 0.15) is 10.4 Å². The van der Waals surface area contributed by atoms with E-state index in [2.05, 4.69) is 5.10 Å². The van der Waals surface area contributed by atoms with Crippen LogP contribution in [0.2, 0.25) is 0 Å². The highest BCUT2D eigenvalue weighted by molar-refractivity contribution is 6.77. The number of rotatable bonds is 1. The van der Waals surface area contributed by atoms with Gasteiger partial charge in [0.05, 0.1) is 11.8 Å². The van der Waals surface area contributed by atoms with Crippen molar-refractivity contribution >= 4 is 40.6 Å². The second-order valence-corrected chi connectivity index (χ2v) is 4.51. The minimum absolute atomic E-state index is 0.289. The molecule has 1 aromatic heterocycles. The van der Waals surface area contributed by atoms with Gasteiger partial charge < -0.3 is 0 Å². The molecule has 0 aliphatic heterocycles. The summed E-state index contributed by atoms with van der Waals surface area (Å²) in [5.41, 5.74) is 0.289. The predicted octanol–water partition coefficient (Wildman–Crippen LogP) is 1.97. The lowest BCUT2D eigenvalue weighted by Gasteiger charge is -2.05. The monoisotopic (exact) mass is 226 g/mol. The third kappa shape index (κ3) is 2.12. The maximum Gasteiger partial charge on any atom is 0.253 e. The molecule has 1 rings (SSSR count). The topological polar surface area (TPSA) is 34.9 Å². The van der Waals surface area contributed by atoms with Crippen molar-refractivity contribution in [1.82, 2.24) is 9.78 Å². The first-order chi connectivity index (χ1) is 5.41. The Morgan fingerprint density at radius 3 is 2.50 bits per heavy atom. The number of Topliss-reactive ketones (excluding diaryl/α,β-unsaturated/α-hetero) is 1. The van der Waals surface area contributed by atoms with E-state index in [0.717, 1.165) is 0 Å². The lowest BCUT2D eigenvalue weighted by Crippen LogP contribution is -2.18. The van der Waals surface area contributed by atoms with Crippen molar-refractivity contribution in [3.05, 3.63) is 18.0 Å². The van der Waals surface area contributed by atoms with Gasteiger partial charge in [0.25, 0.3) is 3.79 Å². The van der Waals surface area contributed by atoms with Crippen LogP contribution >= 0.6 is 34.8 Å². The average Bonchev–Trinajstić information content (AvgIpc) is 2.32. The van der Waals surface area contributed by atoms with E-state index in [9.17, 15) is 4.79 Å². The van der Waals surface area contributed by atoms with E-state index < -0.39 is 9.58 Å². The molecule has 66 valence electrons. The highest BCUT2D eigenvalue weighted by Crippen LogP contribution is 2.29. The Bertz CT molecular complexity index is 302. The van der Waals surface area contributed by atoms with Crippen LogP contribution in [0, 0.1) is 0 Å². The van der Waals surface area contributed by atoms with Crippen molar-refractivity contribution in [2.75, 3.05) is 0 Å². The SMILES string of the molecule is Cn1cc(C(=O)C(Cl)(Cl)Cl)cn1. The van der Waals surface area contributed by atoms with Crippen LogP contribution in [-0.4, -0.2) is 19.4 Å². The summed E-state index contributed by atoms with van der Waals surface area (Å²) in [5.74, 6) is -0.569. The third-order valence-corrected chi connectivity index (χ3v) is 1.74. The Morgan fingerprint density at radius 2 is 2.17 bits per heavy atom. The van der Waals surface area contributed by atoms with E-state index in [1.807, 2.05) is 0 Å². The first-order valence-electron chi connectivity index (χ1n) is 3.01. The zero-order valence-electron chi connectivity index (χ0n) is 6.09. The molecule has 1 aromatic rings. The molecule has 0 aliphatic carbocycles. The zero-order chi connectivity index (χ0) is 9.35. The molecule has 3 nitrogen and oxygen atoms in total. The number of alkyl halides is 3. The highest BCUT2D eigenvalue weighted by Gasteiger charge is 2.32. The smallest absolute Gasteiger partial charge is 0.253 e. The van der Waals surface area contributed by atoms with Crippen molar-refractivity contribution in [2.24, 2.45) is 7.05 Å². The summed E-state index contributed by atoms with van der Waals surface area (Å²) >= 11 is 16.1. The largest absolute Gasteiger partial charge is 0.289 e. The van der Waals surface area contributed by atoms with Crippen molar-refractivity contribution in [3.8, 4) is 0 Å². The standard InChI is InChI=1S/C6H5Cl3N2O/c1-11-3-4(2-10-11)5(12)6(7,8)9/h2-3H,1H3. The summed E-state index contributed by atoms with van der Waals surface area (Å²) in [6.45, 7) is 0. The second kappa shape index (κ2) is 3.24. The molecule has 0 atom stereocenters. The molecule has 0 N–H and O–H groups in total. The van der Waals surface area contributed by atoms with Crippen molar-refractivity contribution < 1.29 is 4.79 Å². The van der Waals surface area contributed by atoms with Gasteiger partial charge in [-0.05, 0) is 0 Å². The van der Waals surface area contributed by atoms with Crippen LogP contribution in [0.5, 0.6) is 0 Å². The van der Waals surface area contributed by atoms with Crippen LogP contribution in [0.25, 0.3) is 0 Å². The number of hydrogen-bond donors (Lipinski definition) is 0. The van der Waals surface area contributed by atoms with Gasteiger partial charge in [-0.25, -0.2) is 0 Å². The first-order valence-corrected chi connectivity index (χ1v) is 4.15. The normalized spacial score (nSPS) is 11.7. The number of hydrogen-bond acceptors (Lipinski definition) is 2. The quantitative estimate of drug-likeness (QED) is 0.543. The minimum Gasteiger partial charge on any atom is -0.289 e. The van der Waals surface area contributed by atoms with Crippen LogP contribution < -0.4 is 0 Å². The molecule has 0 radical (unpaired) electrons. The Labute approximate surface area is 84.2 Å². The van der Waals surface area contributed by atoms with Gasteiger partial charge in [0, 0.05) is 13.2 Å². The lowest BCUT2D eigenvalue weighted by atomic mass is 10.2. The fourth-order valence-electron chi connectivity index (χ4n) is 0.702. The fraction of sp³-hybridized carbons (Fsp3) is 0.333. The van der Waals surface area contributed by atoms with Crippen molar-refractivity contribution in [3.63, 3.8) is 0 Å². The fourth-order valence-corrected chi connectivity index (χ4v) is 1.03. The molecule has 12 heavy (non-hydrogen) atoms. The maximum atomic E-state index is 11.2. The summed E-state index contributed by atoms with van der Waals surface area (Å²) in [5, 5.41) is 3.77. The van der Waals surface area contributed by atoms with Gasteiger partial charge in [0.2, 0.25) is 5.78 Å². The van der Waals surface area contributed by atoms with Crippen LogP contribution in [-0.2, 0) is 7.05 Å². The highest BCUT2D eigenvalue weighted by atomic mass is 35.6. The zero-order valence-corrected chi connectivity index (χ0v) is 8.36. The lowest BCUT2D eigenvalue weighted by molar-refractivity contribution is 0.0996. The average molecular weight is 227 g/mol. The van der Waals surface area contributed by atoms with E-state index in [1.165, 1.54) is 17.1 Å². The van der Waals surface area contributed by atoms with E-state index >= 15 is 0 Å². The number of carbonyl (C=O) groups excluding carboxylic acids is 1. The summed E-state index contributed by atoms with van der Waals surface area (Å²) in [4.78, 5) is 11.2. The molecule has 0 aromatic carbocycles. The molecule has 0 saturated carbocycles. The summed E-state index contributed by atoms with van der Waals surface area (Å²) in [6, 6.07) is 0. The summed E-state index contributed by atoms with van der Waals surface area (Å²) in [7, 11) is 1.68. The van der Waals surface area contributed by atoms with Crippen LogP contribution in [0.3, 0.4) is 0 Å². The Kier molecular flexibility index (Phi) is 2.66. The number of halogens is 3. The van der Waals surface area contributed by atoms with Gasteiger partial charge in [0.1, 0.15) is 0 Å². The van der Waals surface area contributed by atoms with Gasteiger partial charge >= 0.3 is 0 Å². The van der Waals surface area contributed by atoms with E-state index in [0.29, 0.717) is 0 Å². The number of nitrogens with zero attached hydrogens (tertiary/aromatic N) is 2. The Morgan fingerprint density at radius 1 is 1.58 bits per heavy atom. The molecule has 0 unspecified atom stereocenters.